The average Bonchev–Trinajstić information content (AvgIpc) is 2.87. The minimum atomic E-state index is -0.255. The van der Waals surface area contributed by atoms with Crippen LogP contribution in [-0.4, -0.2) is 35.8 Å². The van der Waals surface area contributed by atoms with Gasteiger partial charge in [0, 0.05) is 59.9 Å². The highest BCUT2D eigenvalue weighted by Gasteiger charge is 2.23. The summed E-state index contributed by atoms with van der Waals surface area (Å²) in [7, 11) is 0. The fourth-order valence-electron chi connectivity index (χ4n) is 4.14. The molecular weight excluding hydrogens is 404 g/mol. The predicted octanol–water partition coefficient (Wildman–Crippen LogP) is 5.62. The highest BCUT2D eigenvalue weighted by atomic mass is 16.7. The first-order valence-electron chi connectivity index (χ1n) is 11.4. The molecule has 1 aromatic carbocycles. The standard InChI is InChI=1S/C26H28N2O4/c1-3-13-29-25(9-1)31-23-15-22(20-8-6-12-28-18-20)24(32-26-10-2-4-14-30-26)16-21(23)19-7-5-11-27-17-19/h5-8,11-12,15-18,25-26H,1-4,9-10,13-14H2. The first-order valence-corrected chi connectivity index (χ1v) is 11.4. The van der Waals surface area contributed by atoms with E-state index < -0.39 is 0 Å². The molecule has 2 aliphatic rings. The third-order valence-electron chi connectivity index (χ3n) is 5.82. The molecule has 2 saturated heterocycles. The van der Waals surface area contributed by atoms with E-state index in [0.717, 1.165) is 85.5 Å². The second kappa shape index (κ2) is 10.1. The van der Waals surface area contributed by atoms with E-state index in [2.05, 4.69) is 9.97 Å². The lowest BCUT2D eigenvalue weighted by atomic mass is 9.99. The van der Waals surface area contributed by atoms with Gasteiger partial charge in [0.15, 0.2) is 12.6 Å². The van der Waals surface area contributed by atoms with E-state index in [0.29, 0.717) is 0 Å². The summed E-state index contributed by atoms with van der Waals surface area (Å²) in [6, 6.07) is 12.0. The zero-order valence-electron chi connectivity index (χ0n) is 18.1. The molecule has 3 aromatic rings. The SMILES string of the molecule is c1cncc(-c2cc(OC3CCCCO3)c(-c3cccnc3)cc2OC2CCCCO2)c1. The third-order valence-corrected chi connectivity index (χ3v) is 5.82. The van der Waals surface area contributed by atoms with Gasteiger partial charge in [0.1, 0.15) is 11.5 Å². The van der Waals surface area contributed by atoms with Gasteiger partial charge in [0.25, 0.3) is 0 Å². The van der Waals surface area contributed by atoms with E-state index in [4.69, 9.17) is 18.9 Å². The maximum Gasteiger partial charge on any atom is 0.199 e. The summed E-state index contributed by atoms with van der Waals surface area (Å²) in [5.74, 6) is 1.50. The van der Waals surface area contributed by atoms with Gasteiger partial charge in [0.05, 0.1) is 13.2 Å². The molecule has 32 heavy (non-hydrogen) atoms. The van der Waals surface area contributed by atoms with Crippen molar-refractivity contribution in [2.75, 3.05) is 13.2 Å². The number of hydrogen-bond donors (Lipinski definition) is 0. The van der Waals surface area contributed by atoms with Crippen LogP contribution in [0.3, 0.4) is 0 Å². The van der Waals surface area contributed by atoms with Crippen LogP contribution in [0.25, 0.3) is 22.3 Å². The zero-order chi connectivity index (χ0) is 21.6. The van der Waals surface area contributed by atoms with Crippen LogP contribution in [-0.2, 0) is 9.47 Å². The second-order valence-corrected chi connectivity index (χ2v) is 8.16. The lowest BCUT2D eigenvalue weighted by molar-refractivity contribution is -0.107. The highest BCUT2D eigenvalue weighted by Crippen LogP contribution is 2.42. The van der Waals surface area contributed by atoms with Crippen LogP contribution in [0.5, 0.6) is 11.5 Å². The van der Waals surface area contributed by atoms with Crippen LogP contribution >= 0.6 is 0 Å². The zero-order valence-corrected chi connectivity index (χ0v) is 18.1. The topological polar surface area (TPSA) is 62.7 Å². The van der Waals surface area contributed by atoms with Crippen LogP contribution in [0.2, 0.25) is 0 Å². The van der Waals surface area contributed by atoms with E-state index in [9.17, 15) is 0 Å². The van der Waals surface area contributed by atoms with Gasteiger partial charge in [-0.25, -0.2) is 0 Å². The first kappa shape index (κ1) is 20.9. The molecule has 6 nitrogen and oxygen atoms in total. The van der Waals surface area contributed by atoms with Gasteiger partial charge in [-0.3, -0.25) is 9.97 Å². The monoisotopic (exact) mass is 432 g/mol. The summed E-state index contributed by atoms with van der Waals surface area (Å²) < 4.78 is 24.5. The van der Waals surface area contributed by atoms with Crippen molar-refractivity contribution in [3.05, 3.63) is 61.2 Å². The third kappa shape index (κ3) is 4.92. The largest absolute Gasteiger partial charge is 0.464 e. The molecule has 2 atom stereocenters. The molecule has 4 heterocycles. The Balaban J connectivity index is 1.59. The Bertz CT molecular complexity index is 918. The molecule has 2 aromatic heterocycles. The Morgan fingerprint density at radius 2 is 1.19 bits per heavy atom. The predicted molar refractivity (Wildman–Crippen MR) is 121 cm³/mol. The van der Waals surface area contributed by atoms with Crippen LogP contribution in [0.4, 0.5) is 0 Å². The van der Waals surface area contributed by atoms with Crippen molar-refractivity contribution in [3.8, 4) is 33.8 Å². The highest BCUT2D eigenvalue weighted by molar-refractivity contribution is 5.80. The molecule has 0 radical (unpaired) electrons. The van der Waals surface area contributed by atoms with E-state index in [1.165, 1.54) is 0 Å². The average molecular weight is 433 g/mol. The number of hydrogen-bond acceptors (Lipinski definition) is 6. The summed E-state index contributed by atoms with van der Waals surface area (Å²) in [6.07, 6.45) is 12.8. The molecule has 0 saturated carbocycles. The molecule has 0 aliphatic carbocycles. The minimum absolute atomic E-state index is 0.255. The van der Waals surface area contributed by atoms with Gasteiger partial charge in [-0.2, -0.15) is 0 Å². The number of rotatable bonds is 6. The van der Waals surface area contributed by atoms with Crippen molar-refractivity contribution in [3.63, 3.8) is 0 Å². The Hall–Kier alpha value is -2.96. The van der Waals surface area contributed by atoms with Crippen molar-refractivity contribution >= 4 is 0 Å². The number of nitrogens with zero attached hydrogens (tertiary/aromatic N) is 2. The number of ether oxygens (including phenoxy) is 4. The van der Waals surface area contributed by atoms with Crippen molar-refractivity contribution in [1.82, 2.24) is 9.97 Å². The Kier molecular flexibility index (Phi) is 6.61. The van der Waals surface area contributed by atoms with Crippen molar-refractivity contribution in [2.45, 2.75) is 51.1 Å². The fraction of sp³-hybridized carbons (Fsp3) is 0.385. The van der Waals surface area contributed by atoms with Gasteiger partial charge < -0.3 is 18.9 Å². The van der Waals surface area contributed by atoms with Gasteiger partial charge in [-0.05, 0) is 49.9 Å². The van der Waals surface area contributed by atoms with Crippen LogP contribution in [0.1, 0.15) is 38.5 Å². The maximum atomic E-state index is 6.39. The summed E-state index contributed by atoms with van der Waals surface area (Å²) in [5, 5.41) is 0. The fourth-order valence-corrected chi connectivity index (χ4v) is 4.14. The van der Waals surface area contributed by atoms with Crippen molar-refractivity contribution < 1.29 is 18.9 Å². The summed E-state index contributed by atoms with van der Waals surface area (Å²) in [5.41, 5.74) is 3.77. The molecule has 166 valence electrons. The molecule has 6 heteroatoms. The summed E-state index contributed by atoms with van der Waals surface area (Å²) in [6.45, 7) is 1.45. The molecule has 0 bridgehead atoms. The van der Waals surface area contributed by atoms with Crippen molar-refractivity contribution in [1.29, 1.82) is 0 Å². The minimum Gasteiger partial charge on any atom is -0.464 e. The van der Waals surface area contributed by atoms with E-state index in [1.807, 2.05) is 48.8 Å². The second-order valence-electron chi connectivity index (χ2n) is 8.16. The van der Waals surface area contributed by atoms with Gasteiger partial charge in [-0.15, -0.1) is 0 Å². The molecule has 5 rings (SSSR count). The smallest absolute Gasteiger partial charge is 0.199 e. The lowest BCUT2D eigenvalue weighted by Crippen LogP contribution is -2.26. The van der Waals surface area contributed by atoms with Crippen LogP contribution in [0, 0.1) is 0 Å². The molecule has 2 unspecified atom stereocenters. The molecule has 2 aliphatic heterocycles. The van der Waals surface area contributed by atoms with Crippen LogP contribution in [0.15, 0.2) is 61.2 Å². The number of pyridine rings is 2. The lowest BCUT2D eigenvalue weighted by Gasteiger charge is -2.27. The normalized spacial score (nSPS) is 21.1. The molecule has 0 N–H and O–H groups in total. The van der Waals surface area contributed by atoms with E-state index in [1.54, 1.807) is 12.4 Å². The van der Waals surface area contributed by atoms with Gasteiger partial charge in [-0.1, -0.05) is 12.1 Å². The quantitative estimate of drug-likeness (QED) is 0.504. The summed E-state index contributed by atoms with van der Waals surface area (Å²) in [4.78, 5) is 8.63. The maximum absolute atomic E-state index is 6.39. The van der Waals surface area contributed by atoms with Crippen molar-refractivity contribution in [2.24, 2.45) is 0 Å². The molecule has 2 fully saturated rings. The van der Waals surface area contributed by atoms with E-state index >= 15 is 0 Å². The molecule has 0 amide bonds. The molecular formula is C26H28N2O4. The first-order chi connectivity index (χ1) is 15.9. The van der Waals surface area contributed by atoms with Gasteiger partial charge in [0.2, 0.25) is 0 Å². The number of aromatic nitrogens is 2. The Labute approximate surface area is 188 Å². The Morgan fingerprint density at radius 1 is 0.688 bits per heavy atom. The molecule has 0 spiro atoms. The van der Waals surface area contributed by atoms with Gasteiger partial charge >= 0.3 is 0 Å². The van der Waals surface area contributed by atoms with Crippen LogP contribution < -0.4 is 9.47 Å². The van der Waals surface area contributed by atoms with E-state index in [-0.39, 0.29) is 12.6 Å². The summed E-state index contributed by atoms with van der Waals surface area (Å²) >= 11 is 0. The number of benzene rings is 1. The Morgan fingerprint density at radius 3 is 1.56 bits per heavy atom.